The van der Waals surface area contributed by atoms with Crippen LogP contribution in [0.2, 0.25) is 5.02 Å². The molecule has 22 heavy (non-hydrogen) atoms. The molecule has 0 saturated carbocycles. The smallest absolute Gasteiger partial charge is 0.253 e. The highest BCUT2D eigenvalue weighted by atomic mass is 35.5. The SMILES string of the molecule is CC(C)C(CN1CC(C)(O)C1)N(C)C(=O)c1ccc(Cl)cc1. The zero-order valence-corrected chi connectivity index (χ0v) is 14.5. The summed E-state index contributed by atoms with van der Waals surface area (Å²) < 4.78 is 0. The first-order valence-corrected chi connectivity index (χ1v) is 8.05. The summed E-state index contributed by atoms with van der Waals surface area (Å²) in [6.07, 6.45) is 0. The first kappa shape index (κ1) is 17.3. The van der Waals surface area contributed by atoms with Gasteiger partial charge < -0.3 is 10.0 Å². The highest BCUT2D eigenvalue weighted by Crippen LogP contribution is 2.23. The maximum Gasteiger partial charge on any atom is 0.253 e. The lowest BCUT2D eigenvalue weighted by atomic mass is 9.93. The van der Waals surface area contributed by atoms with E-state index < -0.39 is 5.60 Å². The van der Waals surface area contributed by atoms with Gasteiger partial charge in [0.15, 0.2) is 0 Å². The number of halogens is 1. The summed E-state index contributed by atoms with van der Waals surface area (Å²) in [7, 11) is 1.85. The molecule has 0 aliphatic carbocycles. The van der Waals surface area contributed by atoms with E-state index in [4.69, 9.17) is 11.6 Å². The van der Waals surface area contributed by atoms with Crippen molar-refractivity contribution in [1.29, 1.82) is 0 Å². The zero-order valence-electron chi connectivity index (χ0n) is 13.7. The van der Waals surface area contributed by atoms with E-state index in [1.54, 1.807) is 29.2 Å². The summed E-state index contributed by atoms with van der Waals surface area (Å²) in [6, 6.07) is 7.10. The van der Waals surface area contributed by atoms with Crippen molar-refractivity contribution in [3.05, 3.63) is 34.9 Å². The molecule has 0 spiro atoms. The molecule has 0 aromatic heterocycles. The molecule has 1 aromatic carbocycles. The lowest BCUT2D eigenvalue weighted by Gasteiger charge is -2.47. The van der Waals surface area contributed by atoms with Crippen LogP contribution in [-0.4, -0.2) is 59.1 Å². The maximum absolute atomic E-state index is 12.6. The topological polar surface area (TPSA) is 43.8 Å². The Bertz CT molecular complexity index is 520. The molecule has 2 rings (SSSR count). The lowest BCUT2D eigenvalue weighted by Crippen LogP contribution is -2.63. The van der Waals surface area contributed by atoms with Gasteiger partial charge in [-0.2, -0.15) is 0 Å². The third-order valence-electron chi connectivity index (χ3n) is 4.25. The molecular formula is C17H25ClN2O2. The van der Waals surface area contributed by atoms with Gasteiger partial charge in [0.05, 0.1) is 5.60 Å². The molecule has 1 N–H and O–H groups in total. The number of amides is 1. The molecule has 4 nitrogen and oxygen atoms in total. The summed E-state index contributed by atoms with van der Waals surface area (Å²) in [5.41, 5.74) is 0.0634. The third kappa shape index (κ3) is 4.00. The number of rotatable bonds is 5. The van der Waals surface area contributed by atoms with Crippen LogP contribution >= 0.6 is 11.6 Å². The predicted molar refractivity (Wildman–Crippen MR) is 89.2 cm³/mol. The lowest BCUT2D eigenvalue weighted by molar-refractivity contribution is -0.0911. The Kier molecular flexibility index (Phi) is 5.15. The third-order valence-corrected chi connectivity index (χ3v) is 4.50. The summed E-state index contributed by atoms with van der Waals surface area (Å²) in [5, 5.41) is 10.5. The summed E-state index contributed by atoms with van der Waals surface area (Å²) in [6.45, 7) is 8.20. The van der Waals surface area contributed by atoms with E-state index in [0.29, 0.717) is 29.6 Å². The number of likely N-dealkylation sites (N-methyl/N-ethyl adjacent to an activating group) is 1. The molecule has 1 aliphatic rings. The predicted octanol–water partition coefficient (Wildman–Crippen LogP) is 2.50. The van der Waals surface area contributed by atoms with Crippen LogP contribution in [0.1, 0.15) is 31.1 Å². The van der Waals surface area contributed by atoms with E-state index in [1.807, 2.05) is 14.0 Å². The van der Waals surface area contributed by atoms with Crippen LogP contribution in [0.3, 0.4) is 0 Å². The quantitative estimate of drug-likeness (QED) is 0.905. The van der Waals surface area contributed by atoms with Crippen LogP contribution in [0.25, 0.3) is 0 Å². The minimum Gasteiger partial charge on any atom is -0.388 e. The Labute approximate surface area is 137 Å². The van der Waals surface area contributed by atoms with Crippen molar-refractivity contribution in [2.24, 2.45) is 5.92 Å². The minimum absolute atomic E-state index is 0.00245. The van der Waals surface area contributed by atoms with Crippen LogP contribution in [0.5, 0.6) is 0 Å². The fourth-order valence-electron chi connectivity index (χ4n) is 3.04. The van der Waals surface area contributed by atoms with E-state index in [-0.39, 0.29) is 11.9 Å². The second kappa shape index (κ2) is 6.57. The highest BCUT2D eigenvalue weighted by Gasteiger charge is 2.38. The number of carbonyl (C=O) groups excluding carboxylic acids is 1. The van der Waals surface area contributed by atoms with Crippen molar-refractivity contribution in [2.45, 2.75) is 32.4 Å². The molecular weight excluding hydrogens is 300 g/mol. The van der Waals surface area contributed by atoms with Crippen molar-refractivity contribution in [2.75, 3.05) is 26.7 Å². The van der Waals surface area contributed by atoms with E-state index >= 15 is 0 Å². The summed E-state index contributed by atoms with van der Waals surface area (Å²) in [4.78, 5) is 16.6. The maximum atomic E-state index is 12.6. The van der Waals surface area contributed by atoms with Gasteiger partial charge in [-0.15, -0.1) is 0 Å². The van der Waals surface area contributed by atoms with Gasteiger partial charge in [0.2, 0.25) is 0 Å². The number of β-amino-alcohol motifs (C(OH)–C–C–N with tert-alkyl or cyclic N) is 1. The Balaban J connectivity index is 2.04. The van der Waals surface area contributed by atoms with Crippen molar-refractivity contribution in [3.63, 3.8) is 0 Å². The number of benzene rings is 1. The van der Waals surface area contributed by atoms with Gasteiger partial charge in [0.25, 0.3) is 5.91 Å². The second-order valence-electron chi connectivity index (χ2n) is 6.90. The number of hydrogen-bond donors (Lipinski definition) is 1. The standard InChI is InChI=1S/C17H25ClN2O2/c1-12(2)15(9-20-10-17(3,22)11-20)19(4)16(21)13-5-7-14(18)8-6-13/h5-8,12,15,22H,9-11H2,1-4H3. The van der Waals surface area contributed by atoms with Crippen LogP contribution in [0, 0.1) is 5.92 Å². The molecule has 5 heteroatoms. The molecule has 1 aromatic rings. The molecule has 1 unspecified atom stereocenters. The number of carbonyl (C=O) groups is 1. The van der Waals surface area contributed by atoms with E-state index in [9.17, 15) is 9.90 Å². The van der Waals surface area contributed by atoms with E-state index in [2.05, 4.69) is 18.7 Å². The summed E-state index contributed by atoms with van der Waals surface area (Å²) >= 11 is 5.88. The summed E-state index contributed by atoms with van der Waals surface area (Å²) in [5.74, 6) is 0.342. The Morgan fingerprint density at radius 1 is 1.36 bits per heavy atom. The minimum atomic E-state index is -0.583. The van der Waals surface area contributed by atoms with E-state index in [0.717, 1.165) is 6.54 Å². The van der Waals surface area contributed by atoms with Crippen LogP contribution < -0.4 is 0 Å². The molecule has 0 bridgehead atoms. The van der Waals surface area contributed by atoms with Crippen molar-refractivity contribution in [1.82, 2.24) is 9.80 Å². The monoisotopic (exact) mass is 324 g/mol. The van der Waals surface area contributed by atoms with Gasteiger partial charge in [0.1, 0.15) is 0 Å². The van der Waals surface area contributed by atoms with Crippen LogP contribution in [-0.2, 0) is 0 Å². The van der Waals surface area contributed by atoms with Gasteiger partial charge in [-0.3, -0.25) is 9.69 Å². The first-order valence-electron chi connectivity index (χ1n) is 7.67. The fraction of sp³-hybridized carbons (Fsp3) is 0.588. The van der Waals surface area contributed by atoms with Crippen molar-refractivity contribution in [3.8, 4) is 0 Å². The normalized spacial score (nSPS) is 18.9. The Morgan fingerprint density at radius 3 is 2.36 bits per heavy atom. The second-order valence-corrected chi connectivity index (χ2v) is 7.34. The largest absolute Gasteiger partial charge is 0.388 e. The fourth-order valence-corrected chi connectivity index (χ4v) is 3.16. The number of nitrogens with zero attached hydrogens (tertiary/aromatic N) is 2. The van der Waals surface area contributed by atoms with Gasteiger partial charge >= 0.3 is 0 Å². The highest BCUT2D eigenvalue weighted by molar-refractivity contribution is 6.30. The van der Waals surface area contributed by atoms with Gasteiger partial charge in [-0.25, -0.2) is 0 Å². The van der Waals surface area contributed by atoms with Gasteiger partial charge in [0, 0.05) is 43.3 Å². The van der Waals surface area contributed by atoms with Crippen molar-refractivity contribution >= 4 is 17.5 Å². The number of likely N-dealkylation sites (tertiary alicyclic amines) is 1. The first-order chi connectivity index (χ1) is 10.2. The van der Waals surface area contributed by atoms with Crippen molar-refractivity contribution < 1.29 is 9.90 Å². The molecule has 1 heterocycles. The molecule has 1 aliphatic heterocycles. The van der Waals surface area contributed by atoms with Crippen LogP contribution in [0.4, 0.5) is 0 Å². The molecule has 1 atom stereocenters. The Morgan fingerprint density at radius 2 is 1.91 bits per heavy atom. The van der Waals surface area contributed by atoms with E-state index in [1.165, 1.54) is 0 Å². The van der Waals surface area contributed by atoms with Gasteiger partial charge in [-0.05, 0) is 37.1 Å². The molecule has 1 fully saturated rings. The molecule has 1 amide bonds. The molecule has 1 saturated heterocycles. The zero-order chi connectivity index (χ0) is 16.5. The average molecular weight is 325 g/mol. The Hall–Kier alpha value is -1.10. The molecule has 0 radical (unpaired) electrons. The van der Waals surface area contributed by atoms with Crippen LogP contribution in [0.15, 0.2) is 24.3 Å². The number of hydrogen-bond acceptors (Lipinski definition) is 3. The molecule has 122 valence electrons. The van der Waals surface area contributed by atoms with Gasteiger partial charge in [-0.1, -0.05) is 25.4 Å². The average Bonchev–Trinajstić information content (AvgIpc) is 2.41. The number of aliphatic hydroxyl groups is 1.